The van der Waals surface area contributed by atoms with E-state index < -0.39 is 17.8 Å². The molecule has 0 aromatic carbocycles. The summed E-state index contributed by atoms with van der Waals surface area (Å²) >= 11 is 2.91. The summed E-state index contributed by atoms with van der Waals surface area (Å²) in [5.74, 6) is 0.985. The number of anilines is 1. The van der Waals surface area contributed by atoms with E-state index in [4.69, 9.17) is 20.2 Å². The van der Waals surface area contributed by atoms with Crippen LogP contribution in [0, 0.1) is 5.92 Å². The minimum Gasteiger partial charge on any atom is -0.459 e. The molecule has 1 amide bonds. The highest BCUT2D eigenvalue weighted by molar-refractivity contribution is 8.13. The second kappa shape index (κ2) is 8.48. The van der Waals surface area contributed by atoms with E-state index in [2.05, 4.69) is 22.2 Å². The van der Waals surface area contributed by atoms with Gasteiger partial charge in [0.25, 0.3) is 5.91 Å². The SMILES string of the molecule is CC(F)Oc1ccc(C(=O)Nc2cnc(C34CO[C@@H](C)CC3CSC(N)=N4)s2)nc1. The van der Waals surface area contributed by atoms with E-state index in [-0.39, 0.29) is 23.5 Å². The van der Waals surface area contributed by atoms with Crippen molar-refractivity contribution in [3.8, 4) is 5.75 Å². The first-order chi connectivity index (χ1) is 14.4. The molecule has 4 atom stereocenters. The van der Waals surface area contributed by atoms with Crippen LogP contribution in [0.15, 0.2) is 29.5 Å². The average molecular weight is 452 g/mol. The average Bonchev–Trinajstić information content (AvgIpc) is 3.17. The van der Waals surface area contributed by atoms with Gasteiger partial charge in [-0.05, 0) is 25.5 Å². The number of nitrogens with zero attached hydrogens (tertiary/aromatic N) is 3. The number of hydrogen-bond donors (Lipinski definition) is 2. The van der Waals surface area contributed by atoms with Gasteiger partial charge in [-0.3, -0.25) is 4.79 Å². The molecule has 4 rings (SSSR count). The number of aliphatic imine (C=N–C) groups is 1. The molecule has 0 saturated carbocycles. The van der Waals surface area contributed by atoms with Crippen molar-refractivity contribution < 1.29 is 18.7 Å². The Kier molecular flexibility index (Phi) is 5.94. The Morgan fingerprint density at radius 3 is 3.00 bits per heavy atom. The van der Waals surface area contributed by atoms with Crippen LogP contribution in [0.2, 0.25) is 0 Å². The molecule has 11 heteroatoms. The van der Waals surface area contributed by atoms with Gasteiger partial charge in [-0.25, -0.2) is 19.4 Å². The van der Waals surface area contributed by atoms with Crippen LogP contribution in [0.25, 0.3) is 0 Å². The molecule has 0 spiro atoms. The van der Waals surface area contributed by atoms with E-state index >= 15 is 0 Å². The Hall–Kier alpha value is -2.24. The number of aromatic nitrogens is 2. The maximum absolute atomic E-state index is 12.9. The van der Waals surface area contributed by atoms with Crippen molar-refractivity contribution in [1.82, 2.24) is 9.97 Å². The second-order valence-corrected chi connectivity index (χ2v) is 9.33. The number of pyridine rings is 1. The van der Waals surface area contributed by atoms with Gasteiger partial charge in [-0.2, -0.15) is 0 Å². The molecule has 8 nitrogen and oxygen atoms in total. The lowest BCUT2D eigenvalue weighted by Crippen LogP contribution is -2.49. The van der Waals surface area contributed by atoms with Crippen molar-refractivity contribution in [2.24, 2.45) is 16.6 Å². The lowest BCUT2D eigenvalue weighted by Gasteiger charge is -2.44. The number of carbonyl (C=O) groups excluding carboxylic acids is 1. The van der Waals surface area contributed by atoms with Crippen molar-refractivity contribution >= 4 is 39.2 Å². The molecule has 1 saturated heterocycles. The van der Waals surface area contributed by atoms with Gasteiger partial charge in [0.1, 0.15) is 27.0 Å². The molecule has 2 aliphatic heterocycles. The van der Waals surface area contributed by atoms with Crippen molar-refractivity contribution in [3.63, 3.8) is 0 Å². The topological polar surface area (TPSA) is 112 Å². The second-order valence-electron chi connectivity index (χ2n) is 7.26. The number of carbonyl (C=O) groups is 1. The third-order valence-corrected chi connectivity index (χ3v) is 7.04. The third-order valence-electron chi connectivity index (χ3n) is 5.00. The maximum atomic E-state index is 12.9. The van der Waals surface area contributed by atoms with E-state index in [9.17, 15) is 9.18 Å². The monoisotopic (exact) mass is 451 g/mol. The fourth-order valence-electron chi connectivity index (χ4n) is 3.56. The van der Waals surface area contributed by atoms with E-state index in [1.807, 2.05) is 0 Å². The third kappa shape index (κ3) is 4.28. The minimum atomic E-state index is -1.45. The molecule has 0 bridgehead atoms. The summed E-state index contributed by atoms with van der Waals surface area (Å²) < 4.78 is 23.7. The van der Waals surface area contributed by atoms with E-state index in [1.165, 1.54) is 36.6 Å². The normalized spacial score (nSPS) is 27.0. The van der Waals surface area contributed by atoms with Crippen LogP contribution in [-0.4, -0.2) is 45.9 Å². The number of amides is 1. The van der Waals surface area contributed by atoms with Gasteiger partial charge in [0.05, 0.1) is 25.1 Å². The fraction of sp³-hybridized carbons (Fsp3) is 0.474. The van der Waals surface area contributed by atoms with Crippen molar-refractivity contribution in [1.29, 1.82) is 0 Å². The number of alkyl halides is 1. The zero-order valence-electron chi connectivity index (χ0n) is 16.5. The lowest BCUT2D eigenvalue weighted by molar-refractivity contribution is -0.0466. The van der Waals surface area contributed by atoms with Crippen LogP contribution in [0.4, 0.5) is 9.39 Å². The Labute approximate surface area is 181 Å². The van der Waals surface area contributed by atoms with Crippen LogP contribution in [-0.2, 0) is 10.3 Å². The highest BCUT2D eigenvalue weighted by atomic mass is 32.2. The first-order valence-electron chi connectivity index (χ1n) is 9.50. The Morgan fingerprint density at radius 1 is 1.43 bits per heavy atom. The van der Waals surface area contributed by atoms with Gasteiger partial charge < -0.3 is 20.5 Å². The van der Waals surface area contributed by atoms with Gasteiger partial charge in [0.15, 0.2) is 5.17 Å². The fourth-order valence-corrected chi connectivity index (χ4v) is 5.58. The van der Waals surface area contributed by atoms with Gasteiger partial charge in [0.2, 0.25) is 6.36 Å². The van der Waals surface area contributed by atoms with E-state index in [0.29, 0.717) is 16.8 Å². The summed E-state index contributed by atoms with van der Waals surface area (Å²) in [5, 5.41) is 4.68. The van der Waals surface area contributed by atoms with Crippen LogP contribution >= 0.6 is 23.1 Å². The number of rotatable bonds is 5. The maximum Gasteiger partial charge on any atom is 0.274 e. The predicted molar refractivity (Wildman–Crippen MR) is 115 cm³/mol. The summed E-state index contributed by atoms with van der Waals surface area (Å²) in [6.07, 6.45) is 2.51. The zero-order chi connectivity index (χ0) is 21.3. The zero-order valence-corrected chi connectivity index (χ0v) is 18.1. The molecule has 0 radical (unpaired) electrons. The Morgan fingerprint density at radius 2 is 2.27 bits per heavy atom. The van der Waals surface area contributed by atoms with Crippen LogP contribution in [0.3, 0.4) is 0 Å². The summed E-state index contributed by atoms with van der Waals surface area (Å²) in [6, 6.07) is 2.97. The predicted octanol–water partition coefficient (Wildman–Crippen LogP) is 3.17. The molecule has 0 aliphatic carbocycles. The molecule has 4 heterocycles. The Bertz CT molecular complexity index is 952. The Balaban J connectivity index is 1.51. The molecule has 3 N–H and O–H groups in total. The summed E-state index contributed by atoms with van der Waals surface area (Å²) in [5.41, 5.74) is 5.60. The number of halogens is 1. The van der Waals surface area contributed by atoms with Gasteiger partial charge in [-0.1, -0.05) is 23.1 Å². The number of amidine groups is 1. The number of fused-ring (bicyclic) bond motifs is 1. The van der Waals surface area contributed by atoms with Crippen molar-refractivity contribution in [2.75, 3.05) is 17.7 Å². The van der Waals surface area contributed by atoms with Crippen LogP contribution in [0.1, 0.15) is 35.8 Å². The molecule has 3 unspecified atom stereocenters. The van der Waals surface area contributed by atoms with E-state index in [0.717, 1.165) is 17.2 Å². The standard InChI is InChI=1S/C19H22FN5O3S2/c1-10-5-12-8-29-18(21)25-19(12,9-27-10)17-23-7-15(30-17)24-16(26)14-4-3-13(6-22-14)28-11(2)20/h3-4,6-7,10-12H,5,8-9H2,1-2H3,(H2,21,25)(H,24,26)/t10-,11?,12?,19?/m0/s1. The van der Waals surface area contributed by atoms with Gasteiger partial charge >= 0.3 is 0 Å². The highest BCUT2D eigenvalue weighted by Gasteiger charge is 2.49. The summed E-state index contributed by atoms with van der Waals surface area (Å²) in [4.78, 5) is 25.8. The number of thioether (sulfide) groups is 1. The first-order valence-corrected chi connectivity index (χ1v) is 11.3. The van der Waals surface area contributed by atoms with Gasteiger partial charge in [-0.15, -0.1) is 0 Å². The summed E-state index contributed by atoms with van der Waals surface area (Å²) in [7, 11) is 0. The molecule has 160 valence electrons. The largest absolute Gasteiger partial charge is 0.459 e. The first kappa shape index (κ1) is 21.0. The van der Waals surface area contributed by atoms with Crippen LogP contribution < -0.4 is 15.8 Å². The van der Waals surface area contributed by atoms with E-state index in [1.54, 1.807) is 18.0 Å². The number of hydrogen-bond acceptors (Lipinski definition) is 9. The lowest BCUT2D eigenvalue weighted by atomic mass is 9.80. The highest BCUT2D eigenvalue weighted by Crippen LogP contribution is 2.47. The molecule has 2 aromatic rings. The molecule has 30 heavy (non-hydrogen) atoms. The van der Waals surface area contributed by atoms with Crippen molar-refractivity contribution in [2.45, 2.75) is 38.3 Å². The molecule has 2 aliphatic rings. The van der Waals surface area contributed by atoms with Crippen LogP contribution in [0.5, 0.6) is 5.75 Å². The number of thiazole rings is 1. The minimum absolute atomic E-state index is 0.163. The van der Waals surface area contributed by atoms with Gasteiger partial charge in [0, 0.05) is 18.6 Å². The number of nitrogens with one attached hydrogen (secondary N) is 1. The quantitative estimate of drug-likeness (QED) is 0.718. The molecular weight excluding hydrogens is 429 g/mol. The molecular formula is C19H22FN5O3S2. The number of nitrogens with two attached hydrogens (primary N) is 1. The van der Waals surface area contributed by atoms with Crippen molar-refractivity contribution in [3.05, 3.63) is 35.2 Å². The smallest absolute Gasteiger partial charge is 0.274 e. The number of ether oxygens (including phenoxy) is 2. The summed E-state index contributed by atoms with van der Waals surface area (Å²) in [6.45, 7) is 3.74. The molecule has 2 aromatic heterocycles. The molecule has 1 fully saturated rings.